The molecular formula is C12H23N3O3. The van der Waals surface area contributed by atoms with E-state index in [-0.39, 0.29) is 11.8 Å². The summed E-state index contributed by atoms with van der Waals surface area (Å²) in [5.41, 5.74) is 0. The van der Waals surface area contributed by atoms with Gasteiger partial charge in [-0.25, -0.2) is 0 Å². The van der Waals surface area contributed by atoms with Gasteiger partial charge in [0.25, 0.3) is 0 Å². The van der Waals surface area contributed by atoms with Crippen LogP contribution in [0.3, 0.4) is 0 Å². The van der Waals surface area contributed by atoms with E-state index in [4.69, 9.17) is 0 Å². The number of likely N-dealkylation sites (N-methyl/N-ethyl adjacent to an activating group) is 1. The van der Waals surface area contributed by atoms with Crippen LogP contribution in [0.4, 0.5) is 0 Å². The Morgan fingerprint density at radius 3 is 2.22 bits per heavy atom. The predicted octanol–water partition coefficient (Wildman–Crippen LogP) is -0.519. The van der Waals surface area contributed by atoms with Gasteiger partial charge < -0.3 is 15.3 Å². The first-order chi connectivity index (χ1) is 8.29. The first kappa shape index (κ1) is 16.6. The van der Waals surface area contributed by atoms with E-state index in [0.717, 1.165) is 0 Å². The molecule has 6 heteroatoms. The van der Waals surface area contributed by atoms with Crippen molar-refractivity contribution in [1.29, 1.82) is 0 Å². The Bertz CT molecular complexity index is 303. The SMILES string of the molecule is C=CC(=O)NCC(CN(C)C)C(C(=O)O)N(C)C. The van der Waals surface area contributed by atoms with E-state index in [1.54, 1.807) is 19.0 Å². The van der Waals surface area contributed by atoms with Crippen molar-refractivity contribution < 1.29 is 14.7 Å². The van der Waals surface area contributed by atoms with Gasteiger partial charge in [0.1, 0.15) is 6.04 Å². The molecule has 0 fully saturated rings. The highest BCUT2D eigenvalue weighted by molar-refractivity contribution is 5.86. The molecule has 104 valence electrons. The predicted molar refractivity (Wildman–Crippen MR) is 70.4 cm³/mol. The van der Waals surface area contributed by atoms with E-state index in [0.29, 0.717) is 13.1 Å². The molecule has 0 aromatic rings. The number of amides is 1. The Balaban J connectivity index is 4.77. The fourth-order valence-electron chi connectivity index (χ4n) is 1.89. The van der Waals surface area contributed by atoms with E-state index >= 15 is 0 Å². The average molecular weight is 257 g/mol. The molecular weight excluding hydrogens is 234 g/mol. The van der Waals surface area contributed by atoms with Gasteiger partial charge in [0, 0.05) is 19.0 Å². The Morgan fingerprint density at radius 1 is 1.33 bits per heavy atom. The number of nitrogens with zero attached hydrogens (tertiary/aromatic N) is 2. The van der Waals surface area contributed by atoms with Crippen LogP contribution in [-0.4, -0.2) is 74.1 Å². The zero-order valence-electron chi connectivity index (χ0n) is 11.5. The number of aliphatic carboxylic acids is 1. The van der Waals surface area contributed by atoms with Crippen LogP contribution in [0.5, 0.6) is 0 Å². The van der Waals surface area contributed by atoms with Crippen LogP contribution in [-0.2, 0) is 9.59 Å². The maximum absolute atomic E-state index is 11.3. The van der Waals surface area contributed by atoms with Gasteiger partial charge in [0.05, 0.1) is 0 Å². The molecule has 0 saturated carbocycles. The number of hydrogen-bond acceptors (Lipinski definition) is 4. The fraction of sp³-hybridized carbons (Fsp3) is 0.667. The lowest BCUT2D eigenvalue weighted by atomic mass is 9.98. The van der Waals surface area contributed by atoms with Crippen molar-refractivity contribution in [2.24, 2.45) is 5.92 Å². The van der Waals surface area contributed by atoms with E-state index in [1.165, 1.54) is 6.08 Å². The maximum Gasteiger partial charge on any atom is 0.321 e. The Labute approximate surface area is 108 Å². The molecule has 0 saturated heterocycles. The van der Waals surface area contributed by atoms with Gasteiger partial charge in [0.15, 0.2) is 0 Å². The lowest BCUT2D eigenvalue weighted by Gasteiger charge is -2.31. The molecule has 0 rings (SSSR count). The Kier molecular flexibility index (Phi) is 7.23. The zero-order valence-corrected chi connectivity index (χ0v) is 11.5. The second-order valence-electron chi connectivity index (χ2n) is 4.72. The van der Waals surface area contributed by atoms with E-state index in [2.05, 4.69) is 11.9 Å². The van der Waals surface area contributed by atoms with E-state index in [1.807, 2.05) is 19.0 Å². The number of carbonyl (C=O) groups is 2. The molecule has 2 unspecified atom stereocenters. The minimum atomic E-state index is -0.889. The van der Waals surface area contributed by atoms with Crippen LogP contribution >= 0.6 is 0 Å². The molecule has 2 N–H and O–H groups in total. The highest BCUT2D eigenvalue weighted by Crippen LogP contribution is 2.10. The molecule has 0 aliphatic rings. The summed E-state index contributed by atoms with van der Waals surface area (Å²) in [6.07, 6.45) is 1.18. The van der Waals surface area contributed by atoms with Gasteiger partial charge in [-0.05, 0) is 34.3 Å². The number of hydrogen-bond donors (Lipinski definition) is 2. The minimum absolute atomic E-state index is 0.198. The lowest BCUT2D eigenvalue weighted by molar-refractivity contribution is -0.144. The van der Waals surface area contributed by atoms with E-state index < -0.39 is 12.0 Å². The Morgan fingerprint density at radius 2 is 1.89 bits per heavy atom. The summed E-state index contributed by atoms with van der Waals surface area (Å²) in [4.78, 5) is 26.0. The molecule has 0 spiro atoms. The summed E-state index contributed by atoms with van der Waals surface area (Å²) < 4.78 is 0. The molecule has 18 heavy (non-hydrogen) atoms. The van der Waals surface area contributed by atoms with Gasteiger partial charge in [-0.1, -0.05) is 6.58 Å². The molecule has 0 radical (unpaired) electrons. The van der Waals surface area contributed by atoms with Crippen LogP contribution in [0.2, 0.25) is 0 Å². The van der Waals surface area contributed by atoms with Gasteiger partial charge in [-0.2, -0.15) is 0 Å². The highest BCUT2D eigenvalue weighted by atomic mass is 16.4. The second-order valence-corrected chi connectivity index (χ2v) is 4.72. The maximum atomic E-state index is 11.3. The number of carboxylic acids is 1. The lowest BCUT2D eigenvalue weighted by Crippen LogP contribution is -2.49. The van der Waals surface area contributed by atoms with Crippen LogP contribution in [0.1, 0.15) is 0 Å². The quantitative estimate of drug-likeness (QED) is 0.573. The normalized spacial score (nSPS) is 14.3. The third-order valence-corrected chi connectivity index (χ3v) is 2.58. The van der Waals surface area contributed by atoms with Crippen LogP contribution in [0.25, 0.3) is 0 Å². The number of rotatable bonds is 8. The van der Waals surface area contributed by atoms with Crippen molar-refractivity contribution in [1.82, 2.24) is 15.1 Å². The van der Waals surface area contributed by atoms with Gasteiger partial charge in [0.2, 0.25) is 5.91 Å². The largest absolute Gasteiger partial charge is 0.480 e. The number of carboxylic acid groups (broad SMARTS) is 1. The summed E-state index contributed by atoms with van der Waals surface area (Å²) in [6.45, 7) is 4.25. The van der Waals surface area contributed by atoms with Gasteiger partial charge in [-0.15, -0.1) is 0 Å². The molecule has 0 aliphatic carbocycles. The average Bonchev–Trinajstić information content (AvgIpc) is 2.23. The van der Waals surface area contributed by atoms with Crippen LogP contribution in [0.15, 0.2) is 12.7 Å². The standard InChI is InChI=1S/C12H23N3O3/c1-6-10(16)13-7-9(8-14(2)3)11(12(17)18)15(4)5/h6,9,11H,1,7-8H2,2-5H3,(H,13,16)(H,17,18). The van der Waals surface area contributed by atoms with Crippen molar-refractivity contribution in [2.45, 2.75) is 6.04 Å². The third-order valence-electron chi connectivity index (χ3n) is 2.58. The monoisotopic (exact) mass is 257 g/mol. The number of carbonyl (C=O) groups excluding carboxylic acids is 1. The molecule has 0 heterocycles. The van der Waals surface area contributed by atoms with Gasteiger partial charge >= 0.3 is 5.97 Å². The summed E-state index contributed by atoms with van der Waals surface area (Å²) in [5.74, 6) is -1.38. The summed E-state index contributed by atoms with van der Waals surface area (Å²) in [5, 5.41) is 11.9. The zero-order chi connectivity index (χ0) is 14.3. The third kappa shape index (κ3) is 5.79. The highest BCUT2D eigenvalue weighted by Gasteiger charge is 2.30. The van der Waals surface area contributed by atoms with Crippen LogP contribution < -0.4 is 5.32 Å². The number of nitrogens with one attached hydrogen (secondary N) is 1. The molecule has 2 atom stereocenters. The first-order valence-corrected chi connectivity index (χ1v) is 5.73. The van der Waals surface area contributed by atoms with Crippen LogP contribution in [0, 0.1) is 5.92 Å². The summed E-state index contributed by atoms with van der Waals surface area (Å²) >= 11 is 0. The summed E-state index contributed by atoms with van der Waals surface area (Å²) in [7, 11) is 7.18. The van der Waals surface area contributed by atoms with Crippen molar-refractivity contribution in [2.75, 3.05) is 41.3 Å². The molecule has 0 aromatic heterocycles. The molecule has 0 aliphatic heterocycles. The molecule has 1 amide bonds. The Hall–Kier alpha value is -1.40. The topological polar surface area (TPSA) is 72.9 Å². The first-order valence-electron chi connectivity index (χ1n) is 5.73. The van der Waals surface area contributed by atoms with Gasteiger partial charge in [-0.3, -0.25) is 14.5 Å². The van der Waals surface area contributed by atoms with Crippen molar-refractivity contribution in [3.05, 3.63) is 12.7 Å². The molecule has 0 aromatic carbocycles. The van der Waals surface area contributed by atoms with Crippen molar-refractivity contribution in [3.8, 4) is 0 Å². The fourth-order valence-corrected chi connectivity index (χ4v) is 1.89. The smallest absolute Gasteiger partial charge is 0.321 e. The van der Waals surface area contributed by atoms with Crippen molar-refractivity contribution in [3.63, 3.8) is 0 Å². The van der Waals surface area contributed by atoms with Crippen molar-refractivity contribution >= 4 is 11.9 Å². The molecule has 6 nitrogen and oxygen atoms in total. The minimum Gasteiger partial charge on any atom is -0.480 e. The van der Waals surface area contributed by atoms with E-state index in [9.17, 15) is 14.7 Å². The second kappa shape index (κ2) is 7.84. The molecule has 0 bridgehead atoms. The summed E-state index contributed by atoms with van der Waals surface area (Å²) in [6, 6.07) is -0.641.